The van der Waals surface area contributed by atoms with Gasteiger partial charge in [-0.2, -0.15) is 0 Å². The summed E-state index contributed by atoms with van der Waals surface area (Å²) < 4.78 is 0. The Labute approximate surface area is 128 Å². The van der Waals surface area contributed by atoms with Gasteiger partial charge in [-0.15, -0.1) is 0 Å². The molecule has 0 spiro atoms. The summed E-state index contributed by atoms with van der Waals surface area (Å²) in [5.41, 5.74) is 0. The second kappa shape index (κ2) is 7.90. The third-order valence-corrected chi connectivity index (χ3v) is 4.80. The average Bonchev–Trinajstić information content (AvgIpc) is 2.50. The molecule has 21 heavy (non-hydrogen) atoms. The number of carbonyl (C=O) groups excluding carboxylic acids is 2. The van der Waals surface area contributed by atoms with E-state index in [2.05, 4.69) is 9.80 Å². The summed E-state index contributed by atoms with van der Waals surface area (Å²) in [6.07, 6.45) is 3.23. The van der Waals surface area contributed by atoms with Crippen molar-refractivity contribution < 1.29 is 9.59 Å². The van der Waals surface area contributed by atoms with Crippen molar-refractivity contribution in [1.29, 1.82) is 0 Å². The molecule has 2 rings (SSSR count). The van der Waals surface area contributed by atoms with E-state index in [-0.39, 0.29) is 5.92 Å². The summed E-state index contributed by atoms with van der Waals surface area (Å²) in [5.74, 6) is 1.22. The molecule has 0 atom stereocenters. The van der Waals surface area contributed by atoms with Crippen LogP contribution in [0.2, 0.25) is 0 Å². The van der Waals surface area contributed by atoms with Crippen LogP contribution in [0.5, 0.6) is 0 Å². The highest BCUT2D eigenvalue weighted by molar-refractivity contribution is 5.82. The molecule has 2 aliphatic heterocycles. The molecule has 0 aromatic carbocycles. The highest BCUT2D eigenvalue weighted by Gasteiger charge is 2.24. The number of carbonyl (C=O) groups is 2. The lowest BCUT2D eigenvalue weighted by Crippen LogP contribution is -2.50. The van der Waals surface area contributed by atoms with Crippen LogP contribution >= 0.6 is 0 Å². The maximum absolute atomic E-state index is 11.8. The molecule has 0 radical (unpaired) electrons. The zero-order valence-electron chi connectivity index (χ0n) is 13.5. The third kappa shape index (κ3) is 5.08. The van der Waals surface area contributed by atoms with Gasteiger partial charge in [-0.1, -0.05) is 13.8 Å². The Morgan fingerprint density at radius 3 is 2.14 bits per heavy atom. The van der Waals surface area contributed by atoms with Crippen molar-refractivity contribution in [3.63, 3.8) is 0 Å². The van der Waals surface area contributed by atoms with Gasteiger partial charge in [0, 0.05) is 51.7 Å². The quantitative estimate of drug-likeness (QED) is 0.677. The Bertz CT molecular complexity index is 343. The van der Waals surface area contributed by atoms with Crippen LogP contribution in [0.25, 0.3) is 0 Å². The predicted octanol–water partition coefficient (Wildman–Crippen LogP) is 0.698. The number of nitrogens with zero attached hydrogens (tertiary/aromatic N) is 3. The SMILES string of the molecule is CC(C)C(=O)CN1CCN(CC2CCN(C=O)CC2)CC1. The van der Waals surface area contributed by atoms with Gasteiger partial charge < -0.3 is 9.80 Å². The van der Waals surface area contributed by atoms with E-state index in [4.69, 9.17) is 0 Å². The maximum Gasteiger partial charge on any atom is 0.209 e. The minimum absolute atomic E-state index is 0.144. The molecular formula is C16H29N3O2. The number of ketones is 1. The Kier molecular flexibility index (Phi) is 6.18. The smallest absolute Gasteiger partial charge is 0.209 e. The van der Waals surface area contributed by atoms with E-state index in [1.165, 1.54) is 0 Å². The number of rotatable bonds is 6. The maximum atomic E-state index is 11.8. The molecule has 5 heteroatoms. The van der Waals surface area contributed by atoms with Crippen LogP contribution in [-0.2, 0) is 9.59 Å². The first-order valence-corrected chi connectivity index (χ1v) is 8.25. The van der Waals surface area contributed by atoms with E-state index in [0.717, 1.165) is 71.0 Å². The van der Waals surface area contributed by atoms with Crippen molar-refractivity contribution >= 4 is 12.2 Å². The van der Waals surface area contributed by atoms with Crippen molar-refractivity contribution in [3.05, 3.63) is 0 Å². The predicted molar refractivity (Wildman–Crippen MR) is 83.1 cm³/mol. The topological polar surface area (TPSA) is 43.9 Å². The first-order chi connectivity index (χ1) is 10.1. The lowest BCUT2D eigenvalue weighted by Gasteiger charge is -2.38. The second-order valence-corrected chi connectivity index (χ2v) is 6.78. The van der Waals surface area contributed by atoms with E-state index in [1.807, 2.05) is 18.7 Å². The average molecular weight is 295 g/mol. The number of piperazine rings is 1. The molecule has 2 aliphatic rings. The zero-order valence-corrected chi connectivity index (χ0v) is 13.5. The van der Waals surface area contributed by atoms with Crippen LogP contribution < -0.4 is 0 Å². The lowest BCUT2D eigenvalue weighted by atomic mass is 9.96. The molecular weight excluding hydrogens is 266 g/mol. The van der Waals surface area contributed by atoms with Crippen molar-refractivity contribution in [2.24, 2.45) is 11.8 Å². The Morgan fingerprint density at radius 2 is 1.62 bits per heavy atom. The van der Waals surface area contributed by atoms with Crippen LogP contribution in [0, 0.1) is 11.8 Å². The Morgan fingerprint density at radius 1 is 1.05 bits per heavy atom. The molecule has 2 fully saturated rings. The fourth-order valence-corrected chi connectivity index (χ4v) is 3.14. The van der Waals surface area contributed by atoms with Gasteiger partial charge in [0.1, 0.15) is 5.78 Å². The molecule has 0 aromatic heterocycles. The van der Waals surface area contributed by atoms with Crippen LogP contribution in [0.1, 0.15) is 26.7 Å². The fourth-order valence-electron chi connectivity index (χ4n) is 3.14. The highest BCUT2D eigenvalue weighted by atomic mass is 16.1. The molecule has 0 aromatic rings. The first kappa shape index (κ1) is 16.4. The molecule has 120 valence electrons. The summed E-state index contributed by atoms with van der Waals surface area (Å²) in [5, 5.41) is 0. The summed E-state index contributed by atoms with van der Waals surface area (Å²) in [4.78, 5) is 29.2. The summed E-state index contributed by atoms with van der Waals surface area (Å²) in [6, 6.07) is 0. The van der Waals surface area contributed by atoms with Gasteiger partial charge in [-0.05, 0) is 18.8 Å². The van der Waals surface area contributed by atoms with Crippen LogP contribution in [0.3, 0.4) is 0 Å². The molecule has 0 unspecified atom stereocenters. The summed E-state index contributed by atoms with van der Waals surface area (Å²) in [7, 11) is 0. The number of Topliss-reactive ketones (excluding diaryl/α,β-unsaturated/α-hetero) is 1. The lowest BCUT2D eigenvalue weighted by molar-refractivity contribution is -0.123. The van der Waals surface area contributed by atoms with Crippen molar-refractivity contribution in [1.82, 2.24) is 14.7 Å². The molecule has 0 saturated carbocycles. The molecule has 5 nitrogen and oxygen atoms in total. The van der Waals surface area contributed by atoms with Gasteiger partial charge in [-0.25, -0.2) is 0 Å². The van der Waals surface area contributed by atoms with E-state index in [1.54, 1.807) is 0 Å². The van der Waals surface area contributed by atoms with Gasteiger partial charge >= 0.3 is 0 Å². The highest BCUT2D eigenvalue weighted by Crippen LogP contribution is 2.18. The van der Waals surface area contributed by atoms with E-state index < -0.39 is 0 Å². The molecule has 2 saturated heterocycles. The van der Waals surface area contributed by atoms with Crippen molar-refractivity contribution in [3.8, 4) is 0 Å². The van der Waals surface area contributed by atoms with E-state index in [0.29, 0.717) is 12.3 Å². The van der Waals surface area contributed by atoms with Gasteiger partial charge in [-0.3, -0.25) is 14.5 Å². The molecule has 2 heterocycles. The van der Waals surface area contributed by atoms with Gasteiger partial charge in [0.25, 0.3) is 0 Å². The summed E-state index contributed by atoms with van der Waals surface area (Å²) in [6.45, 7) is 11.7. The van der Waals surface area contributed by atoms with Crippen LogP contribution in [0.4, 0.5) is 0 Å². The van der Waals surface area contributed by atoms with E-state index in [9.17, 15) is 9.59 Å². The van der Waals surface area contributed by atoms with Crippen molar-refractivity contribution in [2.45, 2.75) is 26.7 Å². The minimum atomic E-state index is 0.144. The Hall–Kier alpha value is -0.940. The molecule has 0 aliphatic carbocycles. The van der Waals surface area contributed by atoms with Gasteiger partial charge in [0.15, 0.2) is 0 Å². The van der Waals surface area contributed by atoms with Gasteiger partial charge in [0.2, 0.25) is 6.41 Å². The standard InChI is InChI=1S/C16H29N3O2/c1-14(2)16(21)12-18-9-7-17(8-10-18)11-15-3-5-19(13-20)6-4-15/h13-15H,3-12H2,1-2H3. The number of hydrogen-bond acceptors (Lipinski definition) is 4. The summed E-state index contributed by atoms with van der Waals surface area (Å²) >= 11 is 0. The van der Waals surface area contributed by atoms with Crippen LogP contribution in [0.15, 0.2) is 0 Å². The number of likely N-dealkylation sites (tertiary alicyclic amines) is 1. The Balaban J connectivity index is 1.65. The van der Waals surface area contributed by atoms with Gasteiger partial charge in [0.05, 0.1) is 6.54 Å². The number of hydrogen-bond donors (Lipinski definition) is 0. The van der Waals surface area contributed by atoms with Crippen molar-refractivity contribution in [2.75, 3.05) is 52.4 Å². The monoisotopic (exact) mass is 295 g/mol. The minimum Gasteiger partial charge on any atom is -0.345 e. The molecule has 1 amide bonds. The fraction of sp³-hybridized carbons (Fsp3) is 0.875. The molecule has 0 N–H and O–H groups in total. The largest absolute Gasteiger partial charge is 0.345 e. The van der Waals surface area contributed by atoms with E-state index >= 15 is 0 Å². The third-order valence-electron chi connectivity index (χ3n) is 4.80. The zero-order chi connectivity index (χ0) is 15.2. The first-order valence-electron chi connectivity index (χ1n) is 8.25. The second-order valence-electron chi connectivity index (χ2n) is 6.78. The number of amides is 1. The normalized spacial score (nSPS) is 22.7. The molecule has 0 bridgehead atoms. The van der Waals surface area contributed by atoms with Crippen LogP contribution in [-0.4, -0.2) is 79.3 Å². The number of piperidine rings is 1.